The number of aliphatic hydroxyl groups is 1. The monoisotopic (exact) mass is 244 g/mol. The number of aliphatic carboxylic acids is 1. The Morgan fingerprint density at radius 3 is 2.24 bits per heavy atom. The Balaban J connectivity index is 2.50. The molecule has 2 amide bonds. The topological polar surface area (TPSA) is 98.7 Å². The molecule has 98 valence electrons. The minimum atomic E-state index is -1.29. The number of carboxylic acids is 1. The molecule has 6 nitrogen and oxygen atoms in total. The summed E-state index contributed by atoms with van der Waals surface area (Å²) < 4.78 is 0. The number of amides is 2. The molecule has 0 aliphatic heterocycles. The number of carbonyl (C=O) groups is 2. The van der Waals surface area contributed by atoms with Crippen LogP contribution in [0, 0.1) is 5.92 Å². The van der Waals surface area contributed by atoms with E-state index < -0.39 is 24.1 Å². The van der Waals surface area contributed by atoms with Crippen LogP contribution in [-0.2, 0) is 4.79 Å². The smallest absolute Gasteiger partial charge is 0.328 e. The molecule has 1 rings (SSSR count). The van der Waals surface area contributed by atoms with Crippen molar-refractivity contribution in [1.82, 2.24) is 10.6 Å². The van der Waals surface area contributed by atoms with Crippen molar-refractivity contribution in [2.45, 2.75) is 51.3 Å². The fraction of sp³-hybridized carbons (Fsp3) is 0.818. The van der Waals surface area contributed by atoms with E-state index in [0.29, 0.717) is 5.92 Å². The van der Waals surface area contributed by atoms with Crippen LogP contribution in [-0.4, -0.2) is 39.9 Å². The van der Waals surface area contributed by atoms with Gasteiger partial charge in [0.05, 0.1) is 6.10 Å². The molecule has 0 aromatic heterocycles. The number of hydrogen-bond acceptors (Lipinski definition) is 3. The fourth-order valence-electron chi connectivity index (χ4n) is 1.77. The third-order valence-corrected chi connectivity index (χ3v) is 3.07. The second-order valence-electron chi connectivity index (χ2n) is 5.15. The molecule has 6 heteroatoms. The first kappa shape index (κ1) is 13.8. The summed E-state index contributed by atoms with van der Waals surface area (Å²) in [5, 5.41) is 23.0. The molecule has 1 fully saturated rings. The molecule has 0 radical (unpaired) electrons. The van der Waals surface area contributed by atoms with Gasteiger partial charge in [-0.1, -0.05) is 0 Å². The van der Waals surface area contributed by atoms with Crippen molar-refractivity contribution in [1.29, 1.82) is 0 Å². The minimum absolute atomic E-state index is 0.341. The van der Waals surface area contributed by atoms with Crippen LogP contribution in [0.25, 0.3) is 0 Å². The van der Waals surface area contributed by atoms with Gasteiger partial charge < -0.3 is 20.8 Å². The quantitative estimate of drug-likeness (QED) is 0.559. The van der Waals surface area contributed by atoms with Gasteiger partial charge in [0.25, 0.3) is 0 Å². The molecule has 4 N–H and O–H groups in total. The van der Waals surface area contributed by atoms with Crippen molar-refractivity contribution < 1.29 is 19.8 Å². The van der Waals surface area contributed by atoms with Crippen LogP contribution in [0.4, 0.5) is 4.79 Å². The Bertz CT molecular complexity index is 311. The van der Waals surface area contributed by atoms with Crippen LogP contribution in [0.2, 0.25) is 0 Å². The molecule has 0 aromatic rings. The lowest BCUT2D eigenvalue weighted by molar-refractivity contribution is -0.141. The van der Waals surface area contributed by atoms with Gasteiger partial charge in [0, 0.05) is 5.54 Å². The predicted molar refractivity (Wildman–Crippen MR) is 61.6 cm³/mol. The molecule has 0 spiro atoms. The van der Waals surface area contributed by atoms with Crippen molar-refractivity contribution in [2.75, 3.05) is 0 Å². The van der Waals surface area contributed by atoms with E-state index in [-0.39, 0.29) is 5.54 Å². The summed E-state index contributed by atoms with van der Waals surface area (Å²) in [6.45, 7) is 5.13. The highest BCUT2D eigenvalue weighted by Crippen LogP contribution is 2.39. The molecule has 0 saturated heterocycles. The van der Waals surface area contributed by atoms with Gasteiger partial charge in [-0.25, -0.2) is 9.59 Å². The summed E-state index contributed by atoms with van der Waals surface area (Å²) in [5.74, 6) is -0.803. The van der Waals surface area contributed by atoms with Gasteiger partial charge in [0.1, 0.15) is 0 Å². The van der Waals surface area contributed by atoms with E-state index in [9.17, 15) is 14.7 Å². The van der Waals surface area contributed by atoms with Crippen LogP contribution in [0.3, 0.4) is 0 Å². The van der Waals surface area contributed by atoms with Crippen LogP contribution in [0.1, 0.15) is 33.6 Å². The second-order valence-corrected chi connectivity index (χ2v) is 5.15. The summed E-state index contributed by atoms with van der Waals surface area (Å²) in [6.07, 6.45) is 1.01. The van der Waals surface area contributed by atoms with Gasteiger partial charge in [-0.2, -0.15) is 0 Å². The number of rotatable bonds is 5. The number of nitrogens with one attached hydrogen (secondary N) is 2. The molecular formula is C11H20N2O4. The van der Waals surface area contributed by atoms with Gasteiger partial charge in [0.15, 0.2) is 6.04 Å². The van der Waals surface area contributed by atoms with Crippen LogP contribution >= 0.6 is 0 Å². The molecule has 1 saturated carbocycles. The molecule has 17 heavy (non-hydrogen) atoms. The van der Waals surface area contributed by atoms with E-state index in [1.165, 1.54) is 6.92 Å². The number of aliphatic hydroxyl groups excluding tert-OH is 1. The standard InChI is InChI=1S/C11H20N2O4/c1-6(14)8(9(15)16)12-10(17)13-11(2,3)7-4-5-7/h6-8,14H,4-5H2,1-3H3,(H,15,16)(H2,12,13,17)/t6-,8+/m1/s1. The maximum atomic E-state index is 11.6. The Morgan fingerprint density at radius 2 is 1.88 bits per heavy atom. The molecule has 2 atom stereocenters. The van der Waals surface area contributed by atoms with E-state index in [2.05, 4.69) is 10.6 Å². The normalized spacial score (nSPS) is 19.3. The van der Waals surface area contributed by atoms with E-state index in [1.54, 1.807) is 0 Å². The second kappa shape index (κ2) is 4.91. The van der Waals surface area contributed by atoms with Gasteiger partial charge in [-0.05, 0) is 39.5 Å². The molecule has 0 unspecified atom stereocenters. The number of carbonyl (C=O) groups excluding carboxylic acids is 1. The lowest BCUT2D eigenvalue weighted by atomic mass is 9.99. The first-order valence-corrected chi connectivity index (χ1v) is 5.73. The van der Waals surface area contributed by atoms with Gasteiger partial charge >= 0.3 is 12.0 Å². The fourth-order valence-corrected chi connectivity index (χ4v) is 1.77. The average molecular weight is 244 g/mol. The molecule has 0 aromatic carbocycles. The van der Waals surface area contributed by atoms with Crippen molar-refractivity contribution >= 4 is 12.0 Å². The largest absolute Gasteiger partial charge is 0.480 e. The highest BCUT2D eigenvalue weighted by molar-refractivity contribution is 5.83. The van der Waals surface area contributed by atoms with Crippen molar-refractivity contribution in [3.63, 3.8) is 0 Å². The lowest BCUT2D eigenvalue weighted by Gasteiger charge is -2.27. The molecule has 1 aliphatic carbocycles. The van der Waals surface area contributed by atoms with Gasteiger partial charge in [-0.3, -0.25) is 0 Å². The van der Waals surface area contributed by atoms with Crippen LogP contribution < -0.4 is 10.6 Å². The van der Waals surface area contributed by atoms with Crippen LogP contribution in [0.5, 0.6) is 0 Å². The Morgan fingerprint density at radius 1 is 1.35 bits per heavy atom. The summed E-state index contributed by atoms with van der Waals surface area (Å²) >= 11 is 0. The number of urea groups is 1. The van der Waals surface area contributed by atoms with Gasteiger partial charge in [-0.15, -0.1) is 0 Å². The van der Waals surface area contributed by atoms with Crippen molar-refractivity contribution in [2.24, 2.45) is 5.92 Å². The SMILES string of the molecule is C[C@@H](O)[C@H](NC(=O)NC(C)(C)C1CC1)C(=O)O. The highest BCUT2D eigenvalue weighted by Gasteiger charge is 2.39. The summed E-state index contributed by atoms with van der Waals surface area (Å²) in [7, 11) is 0. The van der Waals surface area contributed by atoms with Crippen LogP contribution in [0.15, 0.2) is 0 Å². The van der Waals surface area contributed by atoms with E-state index in [0.717, 1.165) is 12.8 Å². The third kappa shape index (κ3) is 3.89. The van der Waals surface area contributed by atoms with Crippen molar-refractivity contribution in [3.05, 3.63) is 0 Å². The molecule has 0 bridgehead atoms. The molecular weight excluding hydrogens is 224 g/mol. The highest BCUT2D eigenvalue weighted by atomic mass is 16.4. The van der Waals surface area contributed by atoms with E-state index in [4.69, 9.17) is 5.11 Å². The van der Waals surface area contributed by atoms with Gasteiger partial charge in [0.2, 0.25) is 0 Å². The Kier molecular flexibility index (Phi) is 3.98. The molecule has 1 aliphatic rings. The zero-order valence-corrected chi connectivity index (χ0v) is 10.4. The number of hydrogen-bond donors (Lipinski definition) is 4. The maximum Gasteiger partial charge on any atom is 0.328 e. The maximum absolute atomic E-state index is 11.6. The molecule has 0 heterocycles. The zero-order chi connectivity index (χ0) is 13.2. The Labute approximate surface area is 100 Å². The summed E-state index contributed by atoms with van der Waals surface area (Å²) in [5.41, 5.74) is -0.341. The Hall–Kier alpha value is -1.30. The van der Waals surface area contributed by atoms with E-state index in [1.807, 2.05) is 13.8 Å². The predicted octanol–water partition coefficient (Wildman–Crippen LogP) is 0.308. The first-order valence-electron chi connectivity index (χ1n) is 5.73. The van der Waals surface area contributed by atoms with E-state index >= 15 is 0 Å². The average Bonchev–Trinajstić information content (AvgIpc) is 2.95. The third-order valence-electron chi connectivity index (χ3n) is 3.07. The summed E-state index contributed by atoms with van der Waals surface area (Å²) in [4.78, 5) is 22.4. The number of carboxylic acid groups (broad SMARTS) is 1. The van der Waals surface area contributed by atoms with Crippen molar-refractivity contribution in [3.8, 4) is 0 Å². The summed E-state index contributed by atoms with van der Waals surface area (Å²) in [6, 6.07) is -1.85. The first-order chi connectivity index (χ1) is 7.74. The minimum Gasteiger partial charge on any atom is -0.480 e. The lowest BCUT2D eigenvalue weighted by Crippen LogP contribution is -2.56. The zero-order valence-electron chi connectivity index (χ0n) is 10.4.